The number of rotatable bonds is 0. The molecular formula is C6H5FN+. The zero-order chi connectivity index (χ0) is 5.98. The highest BCUT2D eigenvalue weighted by Crippen LogP contribution is 2.05. The maximum absolute atomic E-state index is 12.0. The van der Waals surface area contributed by atoms with Crippen LogP contribution >= 0.6 is 0 Å². The van der Waals surface area contributed by atoms with Gasteiger partial charge >= 0.3 is 0 Å². The molecule has 0 aromatic carbocycles. The largest absolute Gasteiger partial charge is 0.275 e. The second-order valence-electron chi connectivity index (χ2n) is 1.51. The first-order chi connectivity index (χ1) is 3.79. The Hall–Kier alpha value is -1.05. The van der Waals surface area contributed by atoms with Gasteiger partial charge in [-0.1, -0.05) is 0 Å². The molecule has 0 aromatic heterocycles. The van der Waals surface area contributed by atoms with E-state index in [1.165, 1.54) is 24.6 Å². The third-order valence-electron chi connectivity index (χ3n) is 0.825. The minimum Gasteiger partial charge on any atom is -0.275 e. The van der Waals surface area contributed by atoms with E-state index < -0.39 is 0 Å². The van der Waals surface area contributed by atoms with Gasteiger partial charge in [0.15, 0.2) is 5.71 Å². The summed E-state index contributed by atoms with van der Waals surface area (Å²) in [6.07, 6.45) is 5.53. The van der Waals surface area contributed by atoms with Crippen LogP contribution in [0.5, 0.6) is 0 Å². The fourth-order valence-electron chi connectivity index (χ4n) is 0.488. The van der Waals surface area contributed by atoms with Crippen LogP contribution in [0.4, 0.5) is 4.39 Å². The molecule has 1 nitrogen and oxygen atoms in total. The molecule has 1 rings (SSSR count). The molecule has 0 amide bonds. The van der Waals surface area contributed by atoms with Gasteiger partial charge in [-0.2, -0.15) is 4.39 Å². The van der Waals surface area contributed by atoms with Crippen molar-refractivity contribution < 1.29 is 4.39 Å². The maximum atomic E-state index is 12.0. The number of hydrogen-bond acceptors (Lipinski definition) is 1. The highest BCUT2D eigenvalue weighted by molar-refractivity contribution is 6.02. The highest BCUT2D eigenvalue weighted by Gasteiger charge is 2.07. The summed E-state index contributed by atoms with van der Waals surface area (Å²) < 4.78 is 12.0. The maximum Gasteiger partial charge on any atom is 0.232 e. The van der Waals surface area contributed by atoms with Gasteiger partial charge in [0.1, 0.15) is 6.08 Å². The molecule has 0 spiro atoms. The van der Waals surface area contributed by atoms with E-state index in [1.807, 2.05) is 0 Å². The molecule has 8 heavy (non-hydrogen) atoms. The molecule has 40 valence electrons. The van der Waals surface area contributed by atoms with Crippen molar-refractivity contribution in [2.75, 3.05) is 0 Å². The van der Waals surface area contributed by atoms with Crippen molar-refractivity contribution >= 4 is 5.71 Å². The zero-order valence-electron chi connectivity index (χ0n) is 4.19. The van der Waals surface area contributed by atoms with Gasteiger partial charge in [-0.3, -0.25) is 5.41 Å². The average Bonchev–Trinajstić information content (AvgIpc) is 1.64. The summed E-state index contributed by atoms with van der Waals surface area (Å²) in [7, 11) is 0. The molecule has 0 aliphatic heterocycles. The Morgan fingerprint density at radius 2 is 2.38 bits per heavy atom. The lowest BCUT2D eigenvalue weighted by Gasteiger charge is -1.86. The average molecular weight is 110 g/mol. The van der Waals surface area contributed by atoms with Crippen LogP contribution in [0.15, 0.2) is 24.1 Å². The standard InChI is InChI=1S/C6H5FN/c7-5-2-1-3-6(8)4-5/h1-4,8H/q+1. The Balaban J connectivity index is 2.77. The second kappa shape index (κ2) is 1.82. The van der Waals surface area contributed by atoms with Crippen LogP contribution in [0.3, 0.4) is 0 Å². The summed E-state index contributed by atoms with van der Waals surface area (Å²) in [4.78, 5) is 0. The van der Waals surface area contributed by atoms with E-state index in [1.54, 1.807) is 0 Å². The van der Waals surface area contributed by atoms with Gasteiger partial charge in [0.2, 0.25) is 5.83 Å². The van der Waals surface area contributed by atoms with Crippen LogP contribution in [0.2, 0.25) is 0 Å². The lowest BCUT2D eigenvalue weighted by Crippen LogP contribution is -1.93. The molecule has 1 aliphatic rings. The Morgan fingerprint density at radius 3 is 2.75 bits per heavy atom. The number of nitrogens with one attached hydrogen (secondary N) is 1. The van der Waals surface area contributed by atoms with Crippen LogP contribution < -0.4 is 0 Å². The first-order valence-electron chi connectivity index (χ1n) is 2.26. The van der Waals surface area contributed by atoms with E-state index in [9.17, 15) is 4.39 Å². The van der Waals surface area contributed by atoms with Crippen LogP contribution in [0.25, 0.3) is 0 Å². The predicted molar refractivity (Wildman–Crippen MR) is 30.4 cm³/mol. The van der Waals surface area contributed by atoms with E-state index >= 15 is 0 Å². The van der Waals surface area contributed by atoms with Crippen LogP contribution in [0.1, 0.15) is 0 Å². The van der Waals surface area contributed by atoms with Gasteiger partial charge in [0.25, 0.3) is 0 Å². The van der Waals surface area contributed by atoms with E-state index in [0.717, 1.165) is 0 Å². The number of allylic oxidation sites excluding steroid dienone is 4. The van der Waals surface area contributed by atoms with E-state index in [0.29, 0.717) is 0 Å². The Bertz CT molecular complexity index is 167. The smallest absolute Gasteiger partial charge is 0.232 e. The van der Waals surface area contributed by atoms with E-state index in [-0.39, 0.29) is 11.5 Å². The second-order valence-corrected chi connectivity index (χ2v) is 1.51. The van der Waals surface area contributed by atoms with E-state index in [4.69, 9.17) is 5.41 Å². The Morgan fingerprint density at radius 1 is 1.62 bits per heavy atom. The Labute approximate surface area is 47.0 Å². The van der Waals surface area contributed by atoms with Gasteiger partial charge in [-0.25, -0.2) is 0 Å². The minimum atomic E-state index is -0.350. The van der Waals surface area contributed by atoms with Crippen molar-refractivity contribution in [2.24, 2.45) is 0 Å². The topological polar surface area (TPSA) is 23.9 Å². The van der Waals surface area contributed by atoms with Crippen LogP contribution in [-0.4, -0.2) is 5.71 Å². The summed E-state index contributed by atoms with van der Waals surface area (Å²) in [5.74, 6) is -0.350. The first kappa shape index (κ1) is 5.09. The van der Waals surface area contributed by atoms with Gasteiger partial charge in [0, 0.05) is 0 Å². The quantitative estimate of drug-likeness (QED) is 0.458. The third kappa shape index (κ3) is 0.964. The normalized spacial score (nSPS) is 17.6. The molecule has 1 aliphatic carbocycles. The summed E-state index contributed by atoms with van der Waals surface area (Å²) in [5, 5.41) is 6.90. The summed E-state index contributed by atoms with van der Waals surface area (Å²) in [6.45, 7) is 0. The first-order valence-corrected chi connectivity index (χ1v) is 2.26. The summed E-state index contributed by atoms with van der Waals surface area (Å²) in [5.41, 5.74) is 0.213. The molecule has 2 heteroatoms. The molecule has 0 saturated carbocycles. The summed E-state index contributed by atoms with van der Waals surface area (Å²) >= 11 is 0. The van der Waals surface area contributed by atoms with Crippen LogP contribution in [-0.2, 0) is 0 Å². The van der Waals surface area contributed by atoms with Crippen molar-refractivity contribution in [3.05, 3.63) is 30.5 Å². The van der Waals surface area contributed by atoms with E-state index in [2.05, 4.69) is 0 Å². The lowest BCUT2D eigenvalue weighted by molar-refractivity contribution is 0.667. The van der Waals surface area contributed by atoms with Crippen molar-refractivity contribution in [3.8, 4) is 0 Å². The fraction of sp³-hybridized carbons (Fsp3) is 0. The minimum absolute atomic E-state index is 0.213. The Kier molecular flexibility index (Phi) is 1.16. The number of halogens is 1. The lowest BCUT2D eigenvalue weighted by atomic mass is 10.1. The highest BCUT2D eigenvalue weighted by atomic mass is 19.1. The molecule has 0 fully saturated rings. The molecule has 0 atom stereocenters. The molecule has 0 unspecified atom stereocenters. The molecule has 0 aromatic rings. The molecule has 1 N–H and O–H groups in total. The number of hydrogen-bond donors (Lipinski definition) is 1. The molecule has 0 saturated heterocycles. The van der Waals surface area contributed by atoms with Gasteiger partial charge in [-0.15, -0.1) is 0 Å². The molecule has 0 bridgehead atoms. The molecular weight excluding hydrogens is 105 g/mol. The monoisotopic (exact) mass is 110 g/mol. The van der Waals surface area contributed by atoms with Gasteiger partial charge < -0.3 is 0 Å². The zero-order valence-corrected chi connectivity index (χ0v) is 4.19. The van der Waals surface area contributed by atoms with Crippen molar-refractivity contribution in [1.82, 2.24) is 0 Å². The van der Waals surface area contributed by atoms with Gasteiger partial charge in [0.05, 0.1) is 18.6 Å². The van der Waals surface area contributed by atoms with Crippen molar-refractivity contribution in [2.45, 2.75) is 0 Å². The summed E-state index contributed by atoms with van der Waals surface area (Å²) in [6, 6.07) is 0. The molecule has 0 radical (unpaired) electrons. The molecule has 0 heterocycles. The van der Waals surface area contributed by atoms with Crippen LogP contribution in [0, 0.1) is 11.8 Å². The van der Waals surface area contributed by atoms with Gasteiger partial charge in [-0.05, 0) is 0 Å². The predicted octanol–water partition coefficient (Wildman–Crippen LogP) is 1.63. The SMILES string of the molecule is N=C1C=C(F)C=C[CH+]1. The third-order valence-corrected chi connectivity index (χ3v) is 0.825. The van der Waals surface area contributed by atoms with Crippen molar-refractivity contribution in [1.29, 1.82) is 5.41 Å². The van der Waals surface area contributed by atoms with Crippen molar-refractivity contribution in [3.63, 3.8) is 0 Å². The fourth-order valence-corrected chi connectivity index (χ4v) is 0.488.